The molecule has 6 nitrogen and oxygen atoms in total. The Kier molecular flexibility index (Phi) is 5.36. The van der Waals surface area contributed by atoms with Gasteiger partial charge in [-0.1, -0.05) is 41.6 Å². The summed E-state index contributed by atoms with van der Waals surface area (Å²) in [4.78, 5) is 4.68. The zero-order chi connectivity index (χ0) is 21.2. The zero-order valence-electron chi connectivity index (χ0n) is 16.6. The van der Waals surface area contributed by atoms with Crippen molar-refractivity contribution in [3.8, 4) is 22.8 Å². The summed E-state index contributed by atoms with van der Waals surface area (Å²) in [6.45, 7) is 0. The van der Waals surface area contributed by atoms with Gasteiger partial charge in [-0.15, -0.1) is 10.2 Å². The van der Waals surface area contributed by atoms with Crippen LogP contribution >= 0.6 is 23.4 Å². The Bertz CT molecular complexity index is 1310. The normalized spacial score (nSPS) is 11.2. The van der Waals surface area contributed by atoms with Crippen molar-refractivity contribution in [1.29, 1.82) is 0 Å². The minimum absolute atomic E-state index is 0.672. The van der Waals surface area contributed by atoms with Gasteiger partial charge in [-0.25, -0.2) is 4.98 Å². The van der Waals surface area contributed by atoms with E-state index in [2.05, 4.69) is 15.2 Å². The molecule has 5 rings (SSSR count). The van der Waals surface area contributed by atoms with Crippen molar-refractivity contribution in [3.05, 3.63) is 89.8 Å². The smallest absolute Gasteiger partial charge is 0.196 e. The van der Waals surface area contributed by atoms with Crippen LogP contribution in [0, 0.1) is 0 Å². The number of aromatic nitrogens is 5. The van der Waals surface area contributed by atoms with Gasteiger partial charge in [-0.2, -0.15) is 0 Å². The molecule has 0 saturated heterocycles. The van der Waals surface area contributed by atoms with E-state index in [1.807, 2.05) is 88.1 Å². The quantitative estimate of drug-likeness (QED) is 0.320. The Morgan fingerprint density at radius 2 is 1.87 bits per heavy atom. The summed E-state index contributed by atoms with van der Waals surface area (Å²) in [6.07, 6.45) is 4.03. The monoisotopic (exact) mass is 447 g/mol. The number of hydrogen-bond acceptors (Lipinski definition) is 5. The molecule has 0 aliphatic carbocycles. The number of rotatable bonds is 6. The third-order valence-corrected chi connectivity index (χ3v) is 6.02. The maximum atomic E-state index is 6.12. The van der Waals surface area contributed by atoms with Crippen LogP contribution in [-0.4, -0.2) is 31.3 Å². The van der Waals surface area contributed by atoms with Crippen LogP contribution in [0.15, 0.2) is 84.3 Å². The molecule has 0 aliphatic heterocycles. The van der Waals surface area contributed by atoms with E-state index in [4.69, 9.17) is 16.3 Å². The molecule has 0 unspecified atom stereocenters. The molecule has 0 N–H and O–H groups in total. The number of halogens is 1. The number of methoxy groups -OCH3 is 1. The highest BCUT2D eigenvalue weighted by Gasteiger charge is 2.17. The first-order valence-corrected chi connectivity index (χ1v) is 11.0. The lowest BCUT2D eigenvalue weighted by atomic mass is 10.2. The maximum absolute atomic E-state index is 6.12. The fourth-order valence-corrected chi connectivity index (χ4v) is 4.29. The van der Waals surface area contributed by atoms with Crippen LogP contribution in [0.5, 0.6) is 5.75 Å². The largest absolute Gasteiger partial charge is 0.497 e. The highest BCUT2D eigenvalue weighted by atomic mass is 35.5. The van der Waals surface area contributed by atoms with Crippen LogP contribution in [0.25, 0.3) is 22.7 Å². The summed E-state index contributed by atoms with van der Waals surface area (Å²) in [7, 11) is 1.65. The Hall–Kier alpha value is -3.29. The van der Waals surface area contributed by atoms with Gasteiger partial charge in [0.15, 0.2) is 11.0 Å². The molecule has 0 aliphatic rings. The van der Waals surface area contributed by atoms with Crippen molar-refractivity contribution >= 4 is 29.0 Å². The molecular formula is C23H18ClN5OS. The van der Waals surface area contributed by atoms with Crippen LogP contribution in [0.1, 0.15) is 5.69 Å². The summed E-state index contributed by atoms with van der Waals surface area (Å²) >= 11 is 7.71. The molecule has 31 heavy (non-hydrogen) atoms. The molecule has 0 bridgehead atoms. The predicted molar refractivity (Wildman–Crippen MR) is 123 cm³/mol. The van der Waals surface area contributed by atoms with Crippen molar-refractivity contribution < 1.29 is 4.74 Å². The molecule has 0 spiro atoms. The van der Waals surface area contributed by atoms with Crippen molar-refractivity contribution in [2.45, 2.75) is 10.9 Å². The second-order valence-electron chi connectivity index (χ2n) is 6.84. The minimum Gasteiger partial charge on any atom is -0.497 e. The van der Waals surface area contributed by atoms with E-state index in [0.717, 1.165) is 39.3 Å². The second-order valence-corrected chi connectivity index (χ2v) is 8.22. The molecule has 3 aromatic heterocycles. The zero-order valence-corrected chi connectivity index (χ0v) is 18.2. The number of benzene rings is 2. The van der Waals surface area contributed by atoms with Gasteiger partial charge in [0, 0.05) is 34.4 Å². The van der Waals surface area contributed by atoms with Crippen molar-refractivity contribution in [3.63, 3.8) is 0 Å². The van der Waals surface area contributed by atoms with Crippen LogP contribution in [0.2, 0.25) is 5.02 Å². The molecule has 8 heteroatoms. The number of pyridine rings is 1. The minimum atomic E-state index is 0.672. The molecule has 0 radical (unpaired) electrons. The van der Waals surface area contributed by atoms with Crippen molar-refractivity contribution in [2.24, 2.45) is 0 Å². The van der Waals surface area contributed by atoms with Crippen LogP contribution in [0.4, 0.5) is 0 Å². The first kappa shape index (κ1) is 19.7. The van der Waals surface area contributed by atoms with Gasteiger partial charge in [-0.05, 0) is 48.5 Å². The van der Waals surface area contributed by atoms with Gasteiger partial charge in [-0.3, -0.25) is 4.57 Å². The number of fused-ring (bicyclic) bond motifs is 1. The van der Waals surface area contributed by atoms with Gasteiger partial charge in [0.2, 0.25) is 0 Å². The van der Waals surface area contributed by atoms with Crippen LogP contribution < -0.4 is 4.74 Å². The van der Waals surface area contributed by atoms with E-state index in [9.17, 15) is 0 Å². The third-order valence-electron chi connectivity index (χ3n) is 4.81. The van der Waals surface area contributed by atoms with Crippen LogP contribution in [0.3, 0.4) is 0 Å². The van der Waals surface area contributed by atoms with E-state index in [1.54, 1.807) is 18.9 Å². The molecule has 0 saturated carbocycles. The Morgan fingerprint density at radius 3 is 2.68 bits per heavy atom. The third kappa shape index (κ3) is 4.02. The van der Waals surface area contributed by atoms with Crippen molar-refractivity contribution in [2.75, 3.05) is 7.11 Å². The lowest BCUT2D eigenvalue weighted by molar-refractivity contribution is 0.415. The summed E-state index contributed by atoms with van der Waals surface area (Å²) in [6, 6.07) is 21.4. The summed E-state index contributed by atoms with van der Waals surface area (Å²) < 4.78 is 9.44. The van der Waals surface area contributed by atoms with E-state index in [0.29, 0.717) is 10.8 Å². The summed E-state index contributed by atoms with van der Waals surface area (Å²) in [5.74, 6) is 2.17. The van der Waals surface area contributed by atoms with Gasteiger partial charge >= 0.3 is 0 Å². The number of hydrogen-bond donors (Lipinski definition) is 0. The lowest BCUT2D eigenvalue weighted by Gasteiger charge is -2.11. The van der Waals surface area contributed by atoms with Crippen LogP contribution in [-0.2, 0) is 5.75 Å². The second kappa shape index (κ2) is 8.45. The first-order chi connectivity index (χ1) is 15.2. The maximum Gasteiger partial charge on any atom is 0.196 e. The van der Waals surface area contributed by atoms with E-state index in [1.165, 1.54) is 0 Å². The van der Waals surface area contributed by atoms with E-state index < -0.39 is 0 Å². The number of imidazole rings is 1. The molecule has 2 aromatic carbocycles. The molecule has 0 fully saturated rings. The van der Waals surface area contributed by atoms with Gasteiger partial charge < -0.3 is 9.14 Å². The topological polar surface area (TPSA) is 57.2 Å². The van der Waals surface area contributed by atoms with E-state index >= 15 is 0 Å². The predicted octanol–water partition coefficient (Wildman–Crippen LogP) is 5.54. The summed E-state index contributed by atoms with van der Waals surface area (Å²) in [5.41, 5.74) is 3.75. The highest BCUT2D eigenvalue weighted by molar-refractivity contribution is 7.98. The molecule has 154 valence electrons. The average Bonchev–Trinajstić information content (AvgIpc) is 3.42. The van der Waals surface area contributed by atoms with Gasteiger partial charge in [0.05, 0.1) is 12.8 Å². The first-order valence-electron chi connectivity index (χ1n) is 9.62. The highest BCUT2D eigenvalue weighted by Crippen LogP contribution is 2.31. The van der Waals surface area contributed by atoms with Gasteiger partial charge in [0.25, 0.3) is 0 Å². The Labute approximate surface area is 188 Å². The van der Waals surface area contributed by atoms with E-state index in [-0.39, 0.29) is 0 Å². The fourth-order valence-electron chi connectivity index (χ4n) is 3.33. The average molecular weight is 448 g/mol. The SMILES string of the molecule is COc1cccc(-c2nnc(SCc3cn4ccccc4n3)n2-c2ccc(Cl)cc2)c1. The van der Waals surface area contributed by atoms with Crippen molar-refractivity contribution in [1.82, 2.24) is 24.1 Å². The van der Waals surface area contributed by atoms with Gasteiger partial charge in [0.1, 0.15) is 11.4 Å². The Balaban J connectivity index is 1.53. The fraction of sp³-hybridized carbons (Fsp3) is 0.0870. The summed E-state index contributed by atoms with van der Waals surface area (Å²) in [5, 5.41) is 10.4. The standard InChI is InChI=1S/C23H18ClN5OS/c1-30-20-6-4-5-16(13-20)22-26-27-23(29(22)19-10-8-17(24)9-11-19)31-15-18-14-28-12-3-2-7-21(28)25-18/h2-14H,15H2,1H3. The Morgan fingerprint density at radius 1 is 1.00 bits per heavy atom. The number of thioether (sulfide) groups is 1. The molecule has 0 amide bonds. The number of nitrogens with zero attached hydrogens (tertiary/aromatic N) is 5. The molecule has 0 atom stereocenters. The lowest BCUT2D eigenvalue weighted by Crippen LogP contribution is -2.00. The molecule has 5 aromatic rings. The molecular weight excluding hydrogens is 430 g/mol. The molecule has 3 heterocycles. The number of ether oxygens (including phenoxy) is 1.